The average molecular weight is 214 g/mol. The first-order chi connectivity index (χ1) is 6.69. The Morgan fingerprint density at radius 2 is 2.21 bits per heavy atom. The van der Waals surface area contributed by atoms with E-state index in [0.29, 0.717) is 22.9 Å². The topological polar surface area (TPSA) is 42.3 Å². The van der Waals surface area contributed by atoms with Crippen LogP contribution >= 0.6 is 11.6 Å². The summed E-state index contributed by atoms with van der Waals surface area (Å²) in [5, 5.41) is 8.01. The van der Waals surface area contributed by atoms with Gasteiger partial charge in [-0.3, -0.25) is 5.41 Å². The van der Waals surface area contributed by atoms with E-state index in [4.69, 9.17) is 26.5 Å². The van der Waals surface area contributed by atoms with E-state index in [-0.39, 0.29) is 5.90 Å². The normalized spacial score (nSPS) is 9.64. The van der Waals surface area contributed by atoms with E-state index in [1.54, 1.807) is 25.3 Å². The molecule has 1 aromatic rings. The highest BCUT2D eigenvalue weighted by atomic mass is 35.5. The predicted molar refractivity (Wildman–Crippen MR) is 56.5 cm³/mol. The molecule has 0 spiro atoms. The molecule has 0 aromatic heterocycles. The van der Waals surface area contributed by atoms with Crippen molar-refractivity contribution in [2.75, 3.05) is 13.7 Å². The van der Waals surface area contributed by atoms with Gasteiger partial charge in [-0.2, -0.15) is 0 Å². The van der Waals surface area contributed by atoms with Gasteiger partial charge >= 0.3 is 0 Å². The van der Waals surface area contributed by atoms with Crippen molar-refractivity contribution in [3.8, 4) is 5.75 Å². The van der Waals surface area contributed by atoms with E-state index >= 15 is 0 Å². The molecule has 0 fully saturated rings. The first-order valence-electron chi connectivity index (χ1n) is 4.24. The molecule has 14 heavy (non-hydrogen) atoms. The third kappa shape index (κ3) is 2.39. The van der Waals surface area contributed by atoms with Crippen LogP contribution in [0.25, 0.3) is 0 Å². The molecule has 4 heteroatoms. The van der Waals surface area contributed by atoms with Crippen molar-refractivity contribution in [2.45, 2.75) is 6.92 Å². The lowest BCUT2D eigenvalue weighted by atomic mass is 10.2. The van der Waals surface area contributed by atoms with Crippen LogP contribution in [0.5, 0.6) is 5.75 Å². The number of nitrogens with one attached hydrogen (secondary N) is 1. The SMILES string of the molecule is CCOC(=N)c1ccc(OC)c(Cl)c1. The van der Waals surface area contributed by atoms with Gasteiger partial charge in [0.25, 0.3) is 0 Å². The Morgan fingerprint density at radius 1 is 1.50 bits per heavy atom. The molecule has 76 valence electrons. The summed E-state index contributed by atoms with van der Waals surface area (Å²) in [6, 6.07) is 5.10. The van der Waals surface area contributed by atoms with Crippen molar-refractivity contribution in [1.29, 1.82) is 5.41 Å². The molecule has 0 aliphatic heterocycles. The second-order valence-corrected chi connectivity index (χ2v) is 3.02. The highest BCUT2D eigenvalue weighted by Gasteiger charge is 2.06. The summed E-state index contributed by atoms with van der Waals surface area (Å²) in [4.78, 5) is 0. The Bertz CT molecular complexity index is 339. The van der Waals surface area contributed by atoms with Gasteiger partial charge in [-0.25, -0.2) is 0 Å². The fourth-order valence-corrected chi connectivity index (χ4v) is 1.29. The smallest absolute Gasteiger partial charge is 0.213 e. The van der Waals surface area contributed by atoms with Gasteiger partial charge in [0.05, 0.1) is 18.7 Å². The van der Waals surface area contributed by atoms with Gasteiger partial charge in [-0.15, -0.1) is 0 Å². The quantitative estimate of drug-likeness (QED) is 0.620. The molecule has 0 amide bonds. The molecule has 1 rings (SSSR count). The van der Waals surface area contributed by atoms with E-state index in [9.17, 15) is 0 Å². The first kappa shape index (κ1) is 10.9. The third-order valence-electron chi connectivity index (χ3n) is 1.70. The lowest BCUT2D eigenvalue weighted by Crippen LogP contribution is -2.04. The number of hydrogen-bond donors (Lipinski definition) is 1. The minimum atomic E-state index is 0.122. The molecule has 1 N–H and O–H groups in total. The Labute approximate surface area is 88.1 Å². The monoisotopic (exact) mass is 213 g/mol. The summed E-state index contributed by atoms with van der Waals surface area (Å²) < 4.78 is 10.0. The van der Waals surface area contributed by atoms with Gasteiger partial charge in [0.1, 0.15) is 5.75 Å². The molecule has 0 heterocycles. The molecule has 0 aliphatic carbocycles. The summed E-state index contributed by atoms with van der Waals surface area (Å²) in [5.41, 5.74) is 0.651. The maximum Gasteiger partial charge on any atom is 0.213 e. The zero-order valence-corrected chi connectivity index (χ0v) is 8.89. The molecule has 1 aromatic carbocycles. The minimum Gasteiger partial charge on any atom is -0.495 e. The number of hydrogen-bond acceptors (Lipinski definition) is 3. The van der Waals surface area contributed by atoms with Gasteiger partial charge in [0, 0.05) is 5.56 Å². The van der Waals surface area contributed by atoms with E-state index in [1.165, 1.54) is 0 Å². The second-order valence-electron chi connectivity index (χ2n) is 2.61. The fourth-order valence-electron chi connectivity index (χ4n) is 1.04. The van der Waals surface area contributed by atoms with Crippen molar-refractivity contribution in [1.82, 2.24) is 0 Å². The van der Waals surface area contributed by atoms with Gasteiger partial charge in [-0.1, -0.05) is 11.6 Å². The van der Waals surface area contributed by atoms with Crippen molar-refractivity contribution >= 4 is 17.5 Å². The fraction of sp³-hybridized carbons (Fsp3) is 0.300. The van der Waals surface area contributed by atoms with Gasteiger partial charge in [0.15, 0.2) is 0 Å². The van der Waals surface area contributed by atoms with Gasteiger partial charge in [0.2, 0.25) is 5.90 Å². The second kappa shape index (κ2) is 4.86. The summed E-state index contributed by atoms with van der Waals surface area (Å²) in [7, 11) is 1.55. The number of rotatable bonds is 3. The van der Waals surface area contributed by atoms with Crippen molar-refractivity contribution in [3.05, 3.63) is 28.8 Å². The van der Waals surface area contributed by atoms with Crippen LogP contribution in [0.15, 0.2) is 18.2 Å². The Hall–Kier alpha value is -1.22. The van der Waals surface area contributed by atoms with E-state index in [2.05, 4.69) is 0 Å². The Kier molecular flexibility index (Phi) is 3.77. The van der Waals surface area contributed by atoms with Crippen LogP contribution in [0.2, 0.25) is 5.02 Å². The van der Waals surface area contributed by atoms with E-state index in [1.807, 2.05) is 6.92 Å². The molecule has 0 bridgehead atoms. The van der Waals surface area contributed by atoms with Crippen LogP contribution in [-0.4, -0.2) is 19.6 Å². The molecule has 0 saturated heterocycles. The van der Waals surface area contributed by atoms with E-state index < -0.39 is 0 Å². The zero-order valence-electron chi connectivity index (χ0n) is 8.13. The third-order valence-corrected chi connectivity index (χ3v) is 2.00. The first-order valence-corrected chi connectivity index (χ1v) is 4.62. The lowest BCUT2D eigenvalue weighted by molar-refractivity contribution is 0.325. The molecule has 0 unspecified atom stereocenters. The minimum absolute atomic E-state index is 0.122. The molecule has 0 aliphatic rings. The summed E-state index contributed by atoms with van der Waals surface area (Å²) in [6.45, 7) is 2.31. The standard InChI is InChI=1S/C10H12ClNO2/c1-3-14-10(12)7-4-5-9(13-2)8(11)6-7/h4-6,12H,3H2,1-2H3. The molecular formula is C10H12ClNO2. The highest BCUT2D eigenvalue weighted by Crippen LogP contribution is 2.25. The summed E-state index contributed by atoms with van der Waals surface area (Å²) in [6.07, 6.45) is 0. The number of methoxy groups -OCH3 is 1. The largest absolute Gasteiger partial charge is 0.495 e. The van der Waals surface area contributed by atoms with E-state index in [0.717, 1.165) is 0 Å². The highest BCUT2D eigenvalue weighted by molar-refractivity contribution is 6.32. The molecule has 0 atom stereocenters. The molecular weight excluding hydrogens is 202 g/mol. The number of halogens is 1. The number of ether oxygens (including phenoxy) is 2. The van der Waals surface area contributed by atoms with Crippen LogP contribution in [0.4, 0.5) is 0 Å². The average Bonchev–Trinajstić information content (AvgIpc) is 2.18. The lowest BCUT2D eigenvalue weighted by Gasteiger charge is -2.07. The van der Waals surface area contributed by atoms with Gasteiger partial charge < -0.3 is 9.47 Å². The molecule has 3 nitrogen and oxygen atoms in total. The van der Waals surface area contributed by atoms with Crippen LogP contribution in [0.3, 0.4) is 0 Å². The zero-order chi connectivity index (χ0) is 10.6. The Balaban J connectivity index is 2.91. The van der Waals surface area contributed by atoms with Crippen LogP contribution in [-0.2, 0) is 4.74 Å². The van der Waals surface area contributed by atoms with Crippen molar-refractivity contribution in [2.24, 2.45) is 0 Å². The van der Waals surface area contributed by atoms with Gasteiger partial charge in [-0.05, 0) is 25.1 Å². The van der Waals surface area contributed by atoms with Crippen LogP contribution in [0, 0.1) is 5.41 Å². The predicted octanol–water partition coefficient (Wildman–Crippen LogP) is 2.71. The summed E-state index contributed by atoms with van der Waals surface area (Å²) in [5.74, 6) is 0.719. The van der Waals surface area contributed by atoms with Crippen molar-refractivity contribution in [3.63, 3.8) is 0 Å². The van der Waals surface area contributed by atoms with Crippen LogP contribution < -0.4 is 4.74 Å². The molecule has 0 saturated carbocycles. The number of benzene rings is 1. The maximum absolute atomic E-state index is 7.53. The Morgan fingerprint density at radius 3 is 2.71 bits per heavy atom. The summed E-state index contributed by atoms with van der Waals surface area (Å²) >= 11 is 5.90. The molecule has 0 radical (unpaired) electrons. The maximum atomic E-state index is 7.53. The van der Waals surface area contributed by atoms with Crippen LogP contribution in [0.1, 0.15) is 12.5 Å². The van der Waals surface area contributed by atoms with Crippen molar-refractivity contribution < 1.29 is 9.47 Å².